The lowest BCUT2D eigenvalue weighted by Gasteiger charge is -2.17. The van der Waals surface area contributed by atoms with Crippen LogP contribution in [0.3, 0.4) is 0 Å². The van der Waals surface area contributed by atoms with Gasteiger partial charge in [-0.1, -0.05) is 57.0 Å². The summed E-state index contributed by atoms with van der Waals surface area (Å²) in [5.41, 5.74) is 2.49. The fourth-order valence-electron chi connectivity index (χ4n) is 1.73. The van der Waals surface area contributed by atoms with Gasteiger partial charge in [-0.25, -0.2) is 0 Å². The molecule has 90 valence electrons. The Balaban J connectivity index is 3.21. The molecule has 0 heterocycles. The summed E-state index contributed by atoms with van der Waals surface area (Å²) in [4.78, 5) is 0. The van der Waals surface area contributed by atoms with Gasteiger partial charge in [0.1, 0.15) is 0 Å². The average molecular weight is 259 g/mol. The van der Waals surface area contributed by atoms with Crippen LogP contribution in [0.2, 0.25) is 10.0 Å². The van der Waals surface area contributed by atoms with Gasteiger partial charge in [-0.2, -0.15) is 0 Å². The molecule has 2 atom stereocenters. The van der Waals surface area contributed by atoms with Crippen LogP contribution in [0.15, 0.2) is 12.1 Å². The largest absolute Gasteiger partial charge is 0.0827 e. The first-order valence-corrected chi connectivity index (χ1v) is 6.75. The SMILES string of the molecule is CCC(C)c1cc(Cl)c(Cl)c(C(C)CC)c1. The van der Waals surface area contributed by atoms with Crippen molar-refractivity contribution in [3.8, 4) is 0 Å². The zero-order valence-corrected chi connectivity index (χ0v) is 12.0. The molecule has 0 aliphatic heterocycles. The van der Waals surface area contributed by atoms with Crippen LogP contribution < -0.4 is 0 Å². The summed E-state index contributed by atoms with van der Waals surface area (Å²) >= 11 is 12.4. The van der Waals surface area contributed by atoms with Gasteiger partial charge in [0, 0.05) is 0 Å². The molecule has 0 amide bonds. The fourth-order valence-corrected chi connectivity index (χ4v) is 2.26. The van der Waals surface area contributed by atoms with Gasteiger partial charge in [0.2, 0.25) is 0 Å². The summed E-state index contributed by atoms with van der Waals surface area (Å²) < 4.78 is 0. The van der Waals surface area contributed by atoms with E-state index in [4.69, 9.17) is 23.2 Å². The van der Waals surface area contributed by atoms with E-state index in [0.717, 1.165) is 17.9 Å². The number of halogens is 2. The molecule has 0 aliphatic rings. The smallest absolute Gasteiger partial charge is 0.0627 e. The summed E-state index contributed by atoms with van der Waals surface area (Å²) in [5.74, 6) is 1.01. The molecule has 16 heavy (non-hydrogen) atoms. The Bertz CT molecular complexity index is 358. The predicted octanol–water partition coefficient (Wildman–Crippen LogP) is 6.02. The predicted molar refractivity (Wildman–Crippen MR) is 73.9 cm³/mol. The average Bonchev–Trinajstić information content (AvgIpc) is 2.30. The Hall–Kier alpha value is -0.200. The number of rotatable bonds is 4. The summed E-state index contributed by atoms with van der Waals surface area (Å²) in [6, 6.07) is 4.22. The van der Waals surface area contributed by atoms with Crippen molar-refractivity contribution < 1.29 is 0 Å². The van der Waals surface area contributed by atoms with E-state index in [0.29, 0.717) is 16.9 Å². The van der Waals surface area contributed by atoms with Crippen molar-refractivity contribution in [1.82, 2.24) is 0 Å². The molecule has 0 saturated carbocycles. The van der Waals surface area contributed by atoms with E-state index >= 15 is 0 Å². The molecule has 1 rings (SSSR count). The van der Waals surface area contributed by atoms with Gasteiger partial charge in [-0.15, -0.1) is 0 Å². The standard InChI is InChI=1S/C14H20Cl2/c1-5-9(3)11-7-12(10(4)6-2)14(16)13(15)8-11/h7-10H,5-6H2,1-4H3. The van der Waals surface area contributed by atoms with E-state index in [1.807, 2.05) is 6.07 Å². The van der Waals surface area contributed by atoms with Crippen LogP contribution in [0, 0.1) is 0 Å². The van der Waals surface area contributed by atoms with Gasteiger partial charge >= 0.3 is 0 Å². The Morgan fingerprint density at radius 3 is 2.06 bits per heavy atom. The van der Waals surface area contributed by atoms with E-state index in [2.05, 4.69) is 33.8 Å². The molecule has 0 saturated heterocycles. The highest BCUT2D eigenvalue weighted by Gasteiger charge is 2.14. The molecule has 2 unspecified atom stereocenters. The second kappa shape index (κ2) is 5.93. The number of benzene rings is 1. The molecule has 0 aliphatic carbocycles. The summed E-state index contributed by atoms with van der Waals surface area (Å²) in [7, 11) is 0. The summed E-state index contributed by atoms with van der Waals surface area (Å²) in [6.45, 7) is 8.78. The lowest BCUT2D eigenvalue weighted by atomic mass is 9.91. The van der Waals surface area contributed by atoms with Crippen molar-refractivity contribution in [2.24, 2.45) is 0 Å². The molecule has 0 bridgehead atoms. The highest BCUT2D eigenvalue weighted by molar-refractivity contribution is 6.42. The zero-order valence-electron chi connectivity index (χ0n) is 10.5. The molecular weight excluding hydrogens is 239 g/mol. The van der Waals surface area contributed by atoms with Crippen LogP contribution in [-0.2, 0) is 0 Å². The highest BCUT2D eigenvalue weighted by atomic mass is 35.5. The monoisotopic (exact) mass is 258 g/mol. The van der Waals surface area contributed by atoms with Crippen LogP contribution >= 0.6 is 23.2 Å². The van der Waals surface area contributed by atoms with Crippen molar-refractivity contribution in [2.45, 2.75) is 52.4 Å². The van der Waals surface area contributed by atoms with E-state index < -0.39 is 0 Å². The van der Waals surface area contributed by atoms with E-state index in [-0.39, 0.29) is 0 Å². The maximum Gasteiger partial charge on any atom is 0.0627 e. The van der Waals surface area contributed by atoms with Crippen molar-refractivity contribution in [3.63, 3.8) is 0 Å². The second-order valence-electron chi connectivity index (χ2n) is 4.52. The second-order valence-corrected chi connectivity index (χ2v) is 5.31. The Kier molecular flexibility index (Phi) is 5.14. The minimum absolute atomic E-state index is 0.467. The maximum absolute atomic E-state index is 6.25. The first-order chi connectivity index (χ1) is 7.51. The summed E-state index contributed by atoms with van der Waals surface area (Å²) in [5, 5.41) is 1.41. The zero-order chi connectivity index (χ0) is 12.3. The van der Waals surface area contributed by atoms with Crippen molar-refractivity contribution in [3.05, 3.63) is 33.3 Å². The van der Waals surface area contributed by atoms with Crippen LogP contribution in [0.4, 0.5) is 0 Å². The fraction of sp³-hybridized carbons (Fsp3) is 0.571. The lowest BCUT2D eigenvalue weighted by molar-refractivity contribution is 0.711. The first-order valence-electron chi connectivity index (χ1n) is 6.00. The number of hydrogen-bond donors (Lipinski definition) is 0. The normalized spacial score (nSPS) is 14.9. The van der Waals surface area contributed by atoms with Crippen molar-refractivity contribution >= 4 is 23.2 Å². The topological polar surface area (TPSA) is 0 Å². The molecule has 2 heteroatoms. The van der Waals surface area contributed by atoms with Crippen LogP contribution in [-0.4, -0.2) is 0 Å². The maximum atomic E-state index is 6.25. The van der Waals surface area contributed by atoms with Crippen LogP contribution in [0.5, 0.6) is 0 Å². The minimum Gasteiger partial charge on any atom is -0.0827 e. The van der Waals surface area contributed by atoms with Crippen LogP contribution in [0.1, 0.15) is 63.5 Å². The molecule has 0 aromatic heterocycles. The van der Waals surface area contributed by atoms with E-state index in [1.165, 1.54) is 11.1 Å². The Morgan fingerprint density at radius 1 is 1.00 bits per heavy atom. The first kappa shape index (κ1) is 13.9. The summed E-state index contributed by atoms with van der Waals surface area (Å²) in [6.07, 6.45) is 2.21. The molecule has 1 aromatic rings. The van der Waals surface area contributed by atoms with Gasteiger partial charge in [0.05, 0.1) is 10.0 Å². The minimum atomic E-state index is 0.467. The molecule has 0 N–H and O–H groups in total. The van der Waals surface area contributed by atoms with Gasteiger partial charge in [0.25, 0.3) is 0 Å². The third-order valence-corrected chi connectivity index (χ3v) is 4.22. The Labute approximate surface area is 109 Å². The third-order valence-electron chi connectivity index (χ3n) is 3.40. The van der Waals surface area contributed by atoms with Crippen molar-refractivity contribution in [1.29, 1.82) is 0 Å². The molecule has 0 nitrogen and oxygen atoms in total. The third kappa shape index (κ3) is 2.93. The van der Waals surface area contributed by atoms with Crippen LogP contribution in [0.25, 0.3) is 0 Å². The van der Waals surface area contributed by atoms with Gasteiger partial charge in [0.15, 0.2) is 0 Å². The molecular formula is C14H20Cl2. The molecule has 1 aromatic carbocycles. The number of hydrogen-bond acceptors (Lipinski definition) is 0. The lowest BCUT2D eigenvalue weighted by Crippen LogP contribution is -1.98. The Morgan fingerprint density at radius 2 is 1.56 bits per heavy atom. The van der Waals surface area contributed by atoms with E-state index in [9.17, 15) is 0 Å². The highest BCUT2D eigenvalue weighted by Crippen LogP contribution is 2.36. The van der Waals surface area contributed by atoms with Gasteiger partial charge in [-0.3, -0.25) is 0 Å². The van der Waals surface area contributed by atoms with Gasteiger partial charge in [-0.05, 0) is 41.9 Å². The molecule has 0 fully saturated rings. The quantitative estimate of drug-likeness (QED) is 0.620. The van der Waals surface area contributed by atoms with Gasteiger partial charge < -0.3 is 0 Å². The molecule has 0 spiro atoms. The van der Waals surface area contributed by atoms with E-state index in [1.54, 1.807) is 0 Å². The molecule has 0 radical (unpaired) electrons. The van der Waals surface area contributed by atoms with Crippen molar-refractivity contribution in [2.75, 3.05) is 0 Å².